The van der Waals surface area contributed by atoms with E-state index in [-0.39, 0.29) is 24.3 Å². The summed E-state index contributed by atoms with van der Waals surface area (Å²) in [6, 6.07) is 2.59. The van der Waals surface area contributed by atoms with Gasteiger partial charge < -0.3 is 19.1 Å². The first kappa shape index (κ1) is 18.7. The maximum absolute atomic E-state index is 12.2. The van der Waals surface area contributed by atoms with Crippen LogP contribution in [0.5, 0.6) is 0 Å². The van der Waals surface area contributed by atoms with Crippen LogP contribution < -0.4 is 0 Å². The Morgan fingerprint density at radius 2 is 2.12 bits per heavy atom. The fourth-order valence-electron chi connectivity index (χ4n) is 2.80. The summed E-state index contributed by atoms with van der Waals surface area (Å²) in [5.41, 5.74) is 1.16. The number of aromatic carboxylic acids is 1. The second-order valence-corrected chi connectivity index (χ2v) is 13.5. The first-order valence-corrected chi connectivity index (χ1v) is 12.0. The van der Waals surface area contributed by atoms with Crippen LogP contribution in [-0.4, -0.2) is 42.9 Å². The number of hydrogen-bond acceptors (Lipinski definition) is 4. The number of carboxylic acid groups (broad SMARTS) is 1. The first-order chi connectivity index (χ1) is 11.1. The standard InChI is InChI=1S/C17H27NO5Si/c1-11(2)13-9-23-17(21)15-12(13)8-14(16(19)20)18(15)10-22-6-7-24(3,4)5/h8,11,13H,6-7,9-10H2,1-5H3,(H,19,20)/t13-/m1/s1. The van der Waals surface area contributed by atoms with Crippen molar-refractivity contribution in [1.29, 1.82) is 0 Å². The molecule has 7 heteroatoms. The summed E-state index contributed by atoms with van der Waals surface area (Å²) >= 11 is 0. The van der Waals surface area contributed by atoms with Gasteiger partial charge in [-0.25, -0.2) is 9.59 Å². The smallest absolute Gasteiger partial charge is 0.355 e. The molecule has 0 radical (unpaired) electrons. The summed E-state index contributed by atoms with van der Waals surface area (Å²) in [5, 5.41) is 9.49. The van der Waals surface area contributed by atoms with Gasteiger partial charge in [0, 0.05) is 20.6 Å². The molecule has 0 aromatic carbocycles. The number of aromatic nitrogens is 1. The van der Waals surface area contributed by atoms with Gasteiger partial charge in [0.15, 0.2) is 0 Å². The first-order valence-electron chi connectivity index (χ1n) is 8.33. The molecule has 0 spiro atoms. The third-order valence-corrected chi connectivity index (χ3v) is 6.06. The van der Waals surface area contributed by atoms with Crippen molar-refractivity contribution in [3.05, 3.63) is 23.0 Å². The Hall–Kier alpha value is -1.60. The molecule has 2 heterocycles. The molecule has 1 N–H and O–H groups in total. The summed E-state index contributed by atoms with van der Waals surface area (Å²) in [6.45, 7) is 11.7. The van der Waals surface area contributed by atoms with Crippen LogP contribution in [0.2, 0.25) is 25.7 Å². The van der Waals surface area contributed by atoms with Crippen molar-refractivity contribution < 1.29 is 24.2 Å². The molecule has 0 unspecified atom stereocenters. The minimum atomic E-state index is -1.22. The minimum Gasteiger partial charge on any atom is -0.477 e. The SMILES string of the molecule is CC(C)[C@H]1COC(=O)c2c1cc(C(=O)O)n2COCC[Si](C)(C)C. The van der Waals surface area contributed by atoms with Crippen molar-refractivity contribution in [3.8, 4) is 0 Å². The van der Waals surface area contributed by atoms with E-state index in [1.807, 2.05) is 13.8 Å². The van der Waals surface area contributed by atoms with Crippen LogP contribution in [0, 0.1) is 5.92 Å². The molecule has 0 bridgehead atoms. The van der Waals surface area contributed by atoms with Gasteiger partial charge in [-0.2, -0.15) is 0 Å². The highest BCUT2D eigenvalue weighted by Gasteiger charge is 2.35. The second kappa shape index (κ2) is 7.10. The molecular weight excluding hydrogens is 326 g/mol. The lowest BCUT2D eigenvalue weighted by molar-refractivity contribution is 0.0358. The third-order valence-electron chi connectivity index (χ3n) is 4.35. The molecule has 0 saturated carbocycles. The molecule has 6 nitrogen and oxygen atoms in total. The monoisotopic (exact) mass is 353 g/mol. The topological polar surface area (TPSA) is 77.8 Å². The predicted molar refractivity (Wildman–Crippen MR) is 93.4 cm³/mol. The molecule has 1 atom stereocenters. The average Bonchev–Trinajstić information content (AvgIpc) is 2.83. The zero-order valence-corrected chi connectivity index (χ0v) is 16.1. The van der Waals surface area contributed by atoms with Crippen molar-refractivity contribution >= 4 is 20.0 Å². The zero-order chi connectivity index (χ0) is 18.1. The van der Waals surface area contributed by atoms with Crippen LogP contribution in [0.1, 0.15) is 46.3 Å². The summed E-state index contributed by atoms with van der Waals surface area (Å²) in [6.07, 6.45) is 0. The molecule has 1 aliphatic rings. The summed E-state index contributed by atoms with van der Waals surface area (Å²) < 4.78 is 12.4. The normalized spacial score (nSPS) is 17.8. The van der Waals surface area contributed by atoms with E-state index < -0.39 is 20.0 Å². The lowest BCUT2D eigenvalue weighted by atomic mass is 9.87. The molecule has 0 saturated heterocycles. The van der Waals surface area contributed by atoms with E-state index in [2.05, 4.69) is 19.6 Å². The Bertz CT molecular complexity index is 630. The van der Waals surface area contributed by atoms with Crippen molar-refractivity contribution in [2.24, 2.45) is 5.92 Å². The van der Waals surface area contributed by atoms with E-state index in [0.29, 0.717) is 18.9 Å². The Balaban J connectivity index is 2.29. The van der Waals surface area contributed by atoms with Crippen molar-refractivity contribution in [2.75, 3.05) is 13.2 Å². The van der Waals surface area contributed by atoms with Crippen molar-refractivity contribution in [3.63, 3.8) is 0 Å². The fraction of sp³-hybridized carbons (Fsp3) is 0.647. The van der Waals surface area contributed by atoms with Crippen molar-refractivity contribution in [2.45, 2.75) is 52.2 Å². The highest BCUT2D eigenvalue weighted by atomic mass is 28.3. The Kier molecular flexibility index (Phi) is 5.55. The van der Waals surface area contributed by atoms with Crippen LogP contribution in [0.4, 0.5) is 0 Å². The number of ether oxygens (including phenoxy) is 2. The van der Waals surface area contributed by atoms with Gasteiger partial charge >= 0.3 is 11.9 Å². The van der Waals surface area contributed by atoms with Crippen molar-refractivity contribution in [1.82, 2.24) is 4.57 Å². The molecule has 1 aromatic heterocycles. The van der Waals surface area contributed by atoms with Crippen LogP contribution in [0.15, 0.2) is 6.07 Å². The molecule has 2 rings (SSSR count). The zero-order valence-electron chi connectivity index (χ0n) is 15.1. The van der Waals surface area contributed by atoms with E-state index in [0.717, 1.165) is 11.6 Å². The minimum absolute atomic E-state index is 0.0130. The Morgan fingerprint density at radius 3 is 2.67 bits per heavy atom. The molecule has 0 fully saturated rings. The summed E-state index contributed by atoms with van der Waals surface area (Å²) in [5.74, 6) is -1.27. The van der Waals surface area contributed by atoms with Crippen LogP contribution in [0.25, 0.3) is 0 Å². The third kappa shape index (κ3) is 4.07. The van der Waals surface area contributed by atoms with Gasteiger partial charge in [-0.1, -0.05) is 33.5 Å². The summed E-state index contributed by atoms with van der Waals surface area (Å²) in [4.78, 5) is 23.8. The number of nitrogens with zero attached hydrogens (tertiary/aromatic N) is 1. The predicted octanol–water partition coefficient (Wildman–Crippen LogP) is 3.41. The maximum atomic E-state index is 12.2. The average molecular weight is 353 g/mol. The van der Waals surface area contributed by atoms with E-state index in [9.17, 15) is 14.7 Å². The number of carboxylic acids is 1. The van der Waals surface area contributed by atoms with E-state index >= 15 is 0 Å². The lowest BCUT2D eigenvalue weighted by Gasteiger charge is -2.26. The fourth-order valence-corrected chi connectivity index (χ4v) is 3.56. The van der Waals surface area contributed by atoms with Gasteiger partial charge in [-0.3, -0.25) is 0 Å². The summed E-state index contributed by atoms with van der Waals surface area (Å²) in [7, 11) is -1.22. The number of fused-ring (bicyclic) bond motifs is 1. The number of rotatable bonds is 7. The van der Waals surface area contributed by atoms with Gasteiger partial charge in [-0.05, 0) is 23.6 Å². The largest absolute Gasteiger partial charge is 0.477 e. The van der Waals surface area contributed by atoms with Crippen LogP contribution in [0.3, 0.4) is 0 Å². The van der Waals surface area contributed by atoms with E-state index in [1.165, 1.54) is 4.57 Å². The number of cyclic esters (lactones) is 1. The Morgan fingerprint density at radius 1 is 1.46 bits per heavy atom. The molecule has 1 aromatic rings. The number of esters is 1. The van der Waals surface area contributed by atoms with E-state index in [4.69, 9.17) is 9.47 Å². The van der Waals surface area contributed by atoms with Gasteiger partial charge in [0.2, 0.25) is 0 Å². The lowest BCUT2D eigenvalue weighted by Crippen LogP contribution is -2.28. The van der Waals surface area contributed by atoms with Gasteiger partial charge in [0.1, 0.15) is 18.1 Å². The molecule has 0 amide bonds. The Labute approximate surface area is 143 Å². The second-order valence-electron chi connectivity index (χ2n) is 7.86. The number of hydrogen-bond donors (Lipinski definition) is 1. The molecular formula is C17H27NO5Si. The molecule has 0 aliphatic carbocycles. The van der Waals surface area contributed by atoms with Gasteiger partial charge in [0.05, 0.1) is 6.61 Å². The van der Waals surface area contributed by atoms with Crippen LogP contribution >= 0.6 is 0 Å². The molecule has 1 aliphatic heterocycles. The van der Waals surface area contributed by atoms with Crippen LogP contribution in [-0.2, 0) is 16.2 Å². The number of carbonyl (C=O) groups is 2. The van der Waals surface area contributed by atoms with E-state index in [1.54, 1.807) is 6.07 Å². The van der Waals surface area contributed by atoms with Gasteiger partial charge in [0.25, 0.3) is 0 Å². The molecule has 24 heavy (non-hydrogen) atoms. The quantitative estimate of drug-likeness (QED) is 0.462. The maximum Gasteiger partial charge on any atom is 0.355 e. The highest BCUT2D eigenvalue weighted by molar-refractivity contribution is 6.76. The number of carbonyl (C=O) groups excluding carboxylic acids is 1. The van der Waals surface area contributed by atoms with Gasteiger partial charge in [-0.15, -0.1) is 0 Å². The highest BCUT2D eigenvalue weighted by Crippen LogP contribution is 2.34. The molecule has 134 valence electrons.